The molecule has 30 heavy (non-hydrogen) atoms. The first-order valence-corrected chi connectivity index (χ1v) is 9.42. The van der Waals surface area contributed by atoms with Gasteiger partial charge in [-0.2, -0.15) is 0 Å². The summed E-state index contributed by atoms with van der Waals surface area (Å²) in [4.78, 5) is 41.4. The molecule has 1 N–H and O–H groups in total. The van der Waals surface area contributed by atoms with E-state index in [1.54, 1.807) is 35.4 Å². The number of hydrogen-bond acceptors (Lipinski definition) is 5. The minimum Gasteiger partial charge on any atom is -0.322 e. The predicted octanol–water partition coefficient (Wildman–Crippen LogP) is 4.10. The molecular weight excluding hydrogens is 408 g/mol. The Labute approximate surface area is 176 Å². The highest BCUT2D eigenvalue weighted by Crippen LogP contribution is 2.32. The lowest BCUT2D eigenvalue weighted by Gasteiger charge is -2.18. The number of aromatic nitrogens is 1. The fraction of sp³-hybridized carbons (Fsp3) is 0.0952. The third kappa shape index (κ3) is 3.72. The number of nitrogens with one attached hydrogen (secondary N) is 1. The number of pyridine rings is 1. The fourth-order valence-corrected chi connectivity index (χ4v) is 3.50. The zero-order chi connectivity index (χ0) is 21.3. The molecule has 1 aliphatic heterocycles. The number of anilines is 2. The third-order valence-corrected chi connectivity index (χ3v) is 5.12. The van der Waals surface area contributed by atoms with Crippen LogP contribution in [-0.2, 0) is 6.42 Å². The number of fused-ring (bicyclic) bond motifs is 1. The van der Waals surface area contributed by atoms with E-state index < -0.39 is 10.8 Å². The summed E-state index contributed by atoms with van der Waals surface area (Å²) in [7, 11) is 0. The van der Waals surface area contributed by atoms with Crippen molar-refractivity contribution >= 4 is 40.5 Å². The second kappa shape index (κ2) is 7.92. The highest BCUT2D eigenvalue weighted by molar-refractivity contribution is 6.32. The van der Waals surface area contributed by atoms with E-state index >= 15 is 0 Å². The smallest absolute Gasteiger partial charge is 0.288 e. The van der Waals surface area contributed by atoms with Gasteiger partial charge in [-0.1, -0.05) is 17.7 Å². The first-order valence-electron chi connectivity index (χ1n) is 9.04. The molecule has 0 saturated carbocycles. The van der Waals surface area contributed by atoms with Crippen molar-refractivity contribution in [2.75, 3.05) is 16.8 Å². The number of hydrogen-bond donors (Lipinski definition) is 1. The molecular formula is C21H15ClN4O4. The Kier molecular flexibility index (Phi) is 5.16. The molecule has 8 nitrogen and oxygen atoms in total. The second-order valence-electron chi connectivity index (χ2n) is 6.67. The van der Waals surface area contributed by atoms with E-state index in [-0.39, 0.29) is 22.2 Å². The topological polar surface area (TPSA) is 105 Å². The van der Waals surface area contributed by atoms with Gasteiger partial charge in [0.25, 0.3) is 17.5 Å². The molecule has 1 aliphatic rings. The molecule has 2 amide bonds. The van der Waals surface area contributed by atoms with Gasteiger partial charge < -0.3 is 10.2 Å². The molecule has 0 fully saturated rings. The highest BCUT2D eigenvalue weighted by Gasteiger charge is 2.26. The first-order chi connectivity index (χ1) is 14.4. The van der Waals surface area contributed by atoms with Crippen molar-refractivity contribution in [3.05, 3.63) is 92.8 Å². The van der Waals surface area contributed by atoms with Crippen LogP contribution >= 0.6 is 11.6 Å². The molecule has 0 unspecified atom stereocenters. The second-order valence-corrected chi connectivity index (χ2v) is 7.08. The maximum atomic E-state index is 12.8. The van der Waals surface area contributed by atoms with Crippen molar-refractivity contribution in [3.8, 4) is 0 Å². The van der Waals surface area contributed by atoms with Gasteiger partial charge in [-0.3, -0.25) is 24.7 Å². The van der Waals surface area contributed by atoms with Gasteiger partial charge in [0.1, 0.15) is 5.02 Å². The summed E-state index contributed by atoms with van der Waals surface area (Å²) < 4.78 is 0. The van der Waals surface area contributed by atoms with E-state index in [0.717, 1.165) is 11.6 Å². The SMILES string of the molecule is O=C(Nc1ccc2c(c1)N(C(=O)c1cccnc1)CC2)c1ccc(Cl)c([N+](=O)[O-])c1. The van der Waals surface area contributed by atoms with Crippen molar-refractivity contribution in [2.24, 2.45) is 0 Å². The molecule has 4 rings (SSSR count). The van der Waals surface area contributed by atoms with Crippen LogP contribution in [-0.4, -0.2) is 28.3 Å². The van der Waals surface area contributed by atoms with Crippen LogP contribution in [0, 0.1) is 10.1 Å². The van der Waals surface area contributed by atoms with Crippen LogP contribution in [0.3, 0.4) is 0 Å². The Morgan fingerprint density at radius 3 is 2.70 bits per heavy atom. The van der Waals surface area contributed by atoms with Crippen molar-refractivity contribution in [1.29, 1.82) is 0 Å². The summed E-state index contributed by atoms with van der Waals surface area (Å²) in [6.45, 7) is 0.532. The van der Waals surface area contributed by atoms with Gasteiger partial charge in [-0.25, -0.2) is 0 Å². The van der Waals surface area contributed by atoms with E-state index in [1.165, 1.54) is 18.3 Å². The quantitative estimate of drug-likeness (QED) is 0.503. The van der Waals surface area contributed by atoms with Crippen LogP contribution in [0.25, 0.3) is 0 Å². The summed E-state index contributed by atoms with van der Waals surface area (Å²) in [5.41, 5.74) is 2.42. The van der Waals surface area contributed by atoms with E-state index in [1.807, 2.05) is 6.07 Å². The average Bonchev–Trinajstić information content (AvgIpc) is 3.17. The molecule has 3 aromatic rings. The molecule has 0 bridgehead atoms. The van der Waals surface area contributed by atoms with E-state index in [9.17, 15) is 19.7 Å². The number of carbonyl (C=O) groups is 2. The van der Waals surface area contributed by atoms with Crippen molar-refractivity contribution in [1.82, 2.24) is 4.98 Å². The Hall–Kier alpha value is -3.78. The van der Waals surface area contributed by atoms with Gasteiger partial charge in [-0.15, -0.1) is 0 Å². The monoisotopic (exact) mass is 422 g/mol. The number of amides is 2. The van der Waals surface area contributed by atoms with Crippen LogP contribution in [0.1, 0.15) is 26.3 Å². The lowest BCUT2D eigenvalue weighted by molar-refractivity contribution is -0.384. The van der Waals surface area contributed by atoms with Gasteiger partial charge in [0, 0.05) is 41.9 Å². The maximum absolute atomic E-state index is 12.8. The van der Waals surface area contributed by atoms with Gasteiger partial charge in [0.15, 0.2) is 0 Å². The largest absolute Gasteiger partial charge is 0.322 e. The number of nitrogens with zero attached hydrogens (tertiary/aromatic N) is 3. The maximum Gasteiger partial charge on any atom is 0.288 e. The highest BCUT2D eigenvalue weighted by atomic mass is 35.5. The van der Waals surface area contributed by atoms with E-state index in [4.69, 9.17) is 11.6 Å². The Morgan fingerprint density at radius 1 is 1.13 bits per heavy atom. The molecule has 0 aliphatic carbocycles. The molecule has 1 aromatic heterocycles. The molecule has 2 heterocycles. The van der Waals surface area contributed by atoms with Crippen LogP contribution in [0.15, 0.2) is 60.9 Å². The Morgan fingerprint density at radius 2 is 1.97 bits per heavy atom. The number of carbonyl (C=O) groups excluding carboxylic acids is 2. The average molecular weight is 423 g/mol. The van der Waals surface area contributed by atoms with Gasteiger partial charge in [-0.05, 0) is 48.4 Å². The van der Waals surface area contributed by atoms with Gasteiger partial charge in [0.2, 0.25) is 0 Å². The fourth-order valence-electron chi connectivity index (χ4n) is 3.31. The summed E-state index contributed by atoms with van der Waals surface area (Å²) in [5, 5.41) is 13.7. The van der Waals surface area contributed by atoms with E-state index in [2.05, 4.69) is 10.3 Å². The molecule has 0 spiro atoms. The predicted molar refractivity (Wildman–Crippen MR) is 112 cm³/mol. The van der Waals surface area contributed by atoms with Crippen molar-refractivity contribution in [2.45, 2.75) is 6.42 Å². The summed E-state index contributed by atoms with van der Waals surface area (Å²) in [6, 6.07) is 12.6. The first kappa shape index (κ1) is 19.5. The summed E-state index contributed by atoms with van der Waals surface area (Å²) in [6.07, 6.45) is 3.82. The van der Waals surface area contributed by atoms with Crippen LogP contribution in [0.4, 0.5) is 17.1 Å². The standard InChI is InChI=1S/C21H15ClN4O4/c22-17-6-4-14(10-19(17)26(29)30)20(27)24-16-5-3-13-7-9-25(18(13)11-16)21(28)15-2-1-8-23-12-15/h1-6,8,10-12H,7,9H2,(H,24,27). The minimum absolute atomic E-state index is 0.0429. The van der Waals surface area contributed by atoms with Crippen LogP contribution < -0.4 is 10.2 Å². The molecule has 0 radical (unpaired) electrons. The number of rotatable bonds is 4. The Bertz CT molecular complexity index is 1170. The minimum atomic E-state index is -0.642. The molecule has 0 atom stereocenters. The molecule has 150 valence electrons. The zero-order valence-electron chi connectivity index (χ0n) is 15.5. The van der Waals surface area contributed by atoms with Crippen molar-refractivity contribution < 1.29 is 14.5 Å². The normalized spacial score (nSPS) is 12.4. The van der Waals surface area contributed by atoms with Crippen LogP contribution in [0.5, 0.6) is 0 Å². The number of benzene rings is 2. The molecule has 9 heteroatoms. The third-order valence-electron chi connectivity index (χ3n) is 4.80. The lowest BCUT2D eigenvalue weighted by atomic mass is 10.1. The number of halogens is 1. The summed E-state index contributed by atoms with van der Waals surface area (Å²) >= 11 is 5.80. The molecule has 0 saturated heterocycles. The zero-order valence-corrected chi connectivity index (χ0v) is 16.3. The van der Waals surface area contributed by atoms with Gasteiger partial charge in [0.05, 0.1) is 10.5 Å². The lowest BCUT2D eigenvalue weighted by Crippen LogP contribution is -2.29. The van der Waals surface area contributed by atoms with Crippen LogP contribution in [0.2, 0.25) is 5.02 Å². The Balaban J connectivity index is 1.58. The number of nitro benzene ring substituents is 1. The van der Waals surface area contributed by atoms with E-state index in [0.29, 0.717) is 29.9 Å². The molecule has 2 aromatic carbocycles. The number of nitro groups is 1. The van der Waals surface area contributed by atoms with Gasteiger partial charge >= 0.3 is 0 Å². The summed E-state index contributed by atoms with van der Waals surface area (Å²) in [5.74, 6) is -0.684. The van der Waals surface area contributed by atoms with Crippen molar-refractivity contribution in [3.63, 3.8) is 0 Å².